The molecule has 1 saturated heterocycles. The highest BCUT2D eigenvalue weighted by molar-refractivity contribution is 5.79. The van der Waals surface area contributed by atoms with Gasteiger partial charge < -0.3 is 10.3 Å². The first-order valence-corrected chi connectivity index (χ1v) is 6.74. The van der Waals surface area contributed by atoms with Crippen LogP contribution in [0.2, 0.25) is 0 Å². The predicted octanol–water partition coefficient (Wildman–Crippen LogP) is 1.21. The smallest absolute Gasteiger partial charge is 0.234 e. The number of aromatic nitrogens is 2. The van der Waals surface area contributed by atoms with Crippen LogP contribution in [0.25, 0.3) is 0 Å². The first-order valence-electron chi connectivity index (χ1n) is 6.74. The topological polar surface area (TPSA) is 85.3 Å². The highest BCUT2D eigenvalue weighted by atomic mass is 16.5. The van der Waals surface area contributed by atoms with E-state index in [2.05, 4.69) is 10.1 Å². The Morgan fingerprint density at radius 1 is 1.47 bits per heavy atom. The second-order valence-corrected chi connectivity index (χ2v) is 6.15. The molecule has 1 aromatic heterocycles. The first-order chi connectivity index (χ1) is 8.88. The van der Waals surface area contributed by atoms with Crippen molar-refractivity contribution in [1.82, 2.24) is 15.0 Å². The maximum Gasteiger partial charge on any atom is 0.234 e. The van der Waals surface area contributed by atoms with Gasteiger partial charge in [0.15, 0.2) is 5.82 Å². The molecule has 2 heterocycles. The van der Waals surface area contributed by atoms with Gasteiger partial charge in [0.2, 0.25) is 11.8 Å². The van der Waals surface area contributed by atoms with Gasteiger partial charge in [0, 0.05) is 5.41 Å². The zero-order chi connectivity index (χ0) is 14.0. The van der Waals surface area contributed by atoms with Crippen molar-refractivity contribution in [3.63, 3.8) is 0 Å². The van der Waals surface area contributed by atoms with Gasteiger partial charge in [-0.15, -0.1) is 0 Å². The fourth-order valence-corrected chi connectivity index (χ4v) is 2.31. The molecule has 19 heavy (non-hydrogen) atoms. The van der Waals surface area contributed by atoms with Crippen LogP contribution in [-0.4, -0.2) is 33.5 Å². The van der Waals surface area contributed by atoms with Crippen LogP contribution in [0.4, 0.5) is 0 Å². The van der Waals surface area contributed by atoms with E-state index in [0.29, 0.717) is 18.3 Å². The second kappa shape index (κ2) is 5.28. The number of nitrogens with zero attached hydrogens (tertiary/aromatic N) is 3. The van der Waals surface area contributed by atoms with Crippen molar-refractivity contribution in [2.45, 2.75) is 58.0 Å². The fourth-order valence-electron chi connectivity index (χ4n) is 2.31. The van der Waals surface area contributed by atoms with E-state index in [9.17, 15) is 4.79 Å². The average Bonchev–Trinajstić information content (AvgIpc) is 2.77. The Labute approximate surface area is 113 Å². The summed E-state index contributed by atoms with van der Waals surface area (Å²) in [6.07, 6.45) is 2.94. The summed E-state index contributed by atoms with van der Waals surface area (Å²) < 4.78 is 5.26. The Bertz CT molecular complexity index is 450. The molecular formula is C13H22N4O2. The number of primary amides is 1. The van der Waals surface area contributed by atoms with E-state index in [-0.39, 0.29) is 17.4 Å². The number of amides is 1. The molecule has 1 aliphatic heterocycles. The molecule has 2 N–H and O–H groups in total. The summed E-state index contributed by atoms with van der Waals surface area (Å²) in [6, 6.07) is -0.203. The minimum absolute atomic E-state index is 0.157. The van der Waals surface area contributed by atoms with Gasteiger partial charge in [-0.05, 0) is 19.4 Å². The Hall–Kier alpha value is -1.43. The Kier molecular flexibility index (Phi) is 3.89. The van der Waals surface area contributed by atoms with Crippen LogP contribution < -0.4 is 5.73 Å². The lowest BCUT2D eigenvalue weighted by atomic mass is 9.97. The summed E-state index contributed by atoms with van der Waals surface area (Å²) >= 11 is 0. The molecule has 0 aromatic carbocycles. The Morgan fingerprint density at radius 2 is 2.21 bits per heavy atom. The number of hydrogen-bond acceptors (Lipinski definition) is 5. The lowest BCUT2D eigenvalue weighted by Crippen LogP contribution is -2.47. The maximum atomic E-state index is 11.4. The number of carbonyl (C=O) groups excluding carboxylic acids is 1. The lowest BCUT2D eigenvalue weighted by Gasteiger charge is -2.32. The number of nitrogens with two attached hydrogens (primary N) is 1. The molecule has 6 heteroatoms. The van der Waals surface area contributed by atoms with Crippen LogP contribution in [0, 0.1) is 0 Å². The maximum absolute atomic E-state index is 11.4. The summed E-state index contributed by atoms with van der Waals surface area (Å²) in [5.74, 6) is 0.979. The van der Waals surface area contributed by atoms with Gasteiger partial charge in [-0.3, -0.25) is 9.69 Å². The van der Waals surface area contributed by atoms with Crippen molar-refractivity contribution in [1.29, 1.82) is 0 Å². The first kappa shape index (κ1) is 14.0. The van der Waals surface area contributed by atoms with Crippen LogP contribution in [0.3, 0.4) is 0 Å². The average molecular weight is 266 g/mol. The highest BCUT2D eigenvalue weighted by Gasteiger charge is 2.29. The summed E-state index contributed by atoms with van der Waals surface area (Å²) in [6.45, 7) is 7.45. The van der Waals surface area contributed by atoms with Gasteiger partial charge >= 0.3 is 0 Å². The molecule has 0 radical (unpaired) electrons. The molecule has 6 nitrogen and oxygen atoms in total. The van der Waals surface area contributed by atoms with E-state index in [1.54, 1.807) is 0 Å². The van der Waals surface area contributed by atoms with E-state index in [1.165, 1.54) is 0 Å². The number of hydrogen-bond donors (Lipinski definition) is 1. The summed E-state index contributed by atoms with van der Waals surface area (Å²) in [7, 11) is 0. The van der Waals surface area contributed by atoms with Crippen molar-refractivity contribution in [3.05, 3.63) is 11.7 Å². The van der Waals surface area contributed by atoms with Crippen molar-refractivity contribution in [3.8, 4) is 0 Å². The zero-order valence-electron chi connectivity index (χ0n) is 11.8. The number of likely N-dealkylation sites (tertiary alicyclic amines) is 1. The van der Waals surface area contributed by atoms with E-state index in [1.807, 2.05) is 25.7 Å². The Balaban J connectivity index is 2.07. The monoisotopic (exact) mass is 266 g/mol. The van der Waals surface area contributed by atoms with Crippen LogP contribution in [-0.2, 0) is 16.8 Å². The predicted molar refractivity (Wildman–Crippen MR) is 70.2 cm³/mol. The third-order valence-corrected chi connectivity index (χ3v) is 3.40. The lowest BCUT2D eigenvalue weighted by molar-refractivity contribution is -0.124. The number of rotatable bonds is 3. The third kappa shape index (κ3) is 3.32. The van der Waals surface area contributed by atoms with Crippen LogP contribution in [0.5, 0.6) is 0 Å². The van der Waals surface area contributed by atoms with E-state index < -0.39 is 0 Å². The largest absolute Gasteiger partial charge is 0.368 e. The molecule has 1 amide bonds. The van der Waals surface area contributed by atoms with Gasteiger partial charge in [0.25, 0.3) is 0 Å². The molecule has 2 rings (SSSR count). The van der Waals surface area contributed by atoms with Crippen molar-refractivity contribution in [2.75, 3.05) is 6.54 Å². The molecule has 1 aromatic rings. The molecule has 0 aliphatic carbocycles. The summed E-state index contributed by atoms with van der Waals surface area (Å²) in [5, 5.41) is 3.99. The Morgan fingerprint density at radius 3 is 2.79 bits per heavy atom. The summed E-state index contributed by atoms with van der Waals surface area (Å²) in [4.78, 5) is 17.9. The van der Waals surface area contributed by atoms with Gasteiger partial charge in [0.05, 0.1) is 12.6 Å². The van der Waals surface area contributed by atoms with Crippen molar-refractivity contribution >= 4 is 5.91 Å². The van der Waals surface area contributed by atoms with Crippen LogP contribution in [0.1, 0.15) is 51.7 Å². The second-order valence-electron chi connectivity index (χ2n) is 6.15. The third-order valence-electron chi connectivity index (χ3n) is 3.40. The molecule has 0 unspecified atom stereocenters. The van der Waals surface area contributed by atoms with Gasteiger partial charge in [0.1, 0.15) is 0 Å². The van der Waals surface area contributed by atoms with Gasteiger partial charge in [-0.2, -0.15) is 4.98 Å². The zero-order valence-corrected chi connectivity index (χ0v) is 11.8. The minimum atomic E-state index is -0.265. The SMILES string of the molecule is CC(C)(C)c1nc(CN2CCCC[C@H]2C(N)=O)no1. The van der Waals surface area contributed by atoms with E-state index in [0.717, 1.165) is 25.8 Å². The van der Waals surface area contributed by atoms with Crippen LogP contribution in [0.15, 0.2) is 4.52 Å². The van der Waals surface area contributed by atoms with Crippen molar-refractivity contribution < 1.29 is 9.32 Å². The fraction of sp³-hybridized carbons (Fsp3) is 0.769. The molecule has 1 atom stereocenters. The standard InChI is InChI=1S/C13H22N4O2/c1-13(2,3)12-15-10(16-19-12)8-17-7-5-4-6-9(17)11(14)18/h9H,4-8H2,1-3H3,(H2,14,18)/t9-/m0/s1. The molecular weight excluding hydrogens is 244 g/mol. The van der Waals surface area contributed by atoms with Gasteiger partial charge in [-0.1, -0.05) is 32.3 Å². The number of piperidine rings is 1. The van der Waals surface area contributed by atoms with Gasteiger partial charge in [-0.25, -0.2) is 0 Å². The molecule has 106 valence electrons. The quantitative estimate of drug-likeness (QED) is 0.888. The molecule has 0 spiro atoms. The summed E-state index contributed by atoms with van der Waals surface area (Å²) in [5.41, 5.74) is 5.28. The number of carbonyl (C=O) groups is 1. The molecule has 1 fully saturated rings. The van der Waals surface area contributed by atoms with Crippen LogP contribution >= 0.6 is 0 Å². The normalized spacial score (nSPS) is 21.5. The minimum Gasteiger partial charge on any atom is -0.368 e. The van der Waals surface area contributed by atoms with Crippen molar-refractivity contribution in [2.24, 2.45) is 5.73 Å². The van der Waals surface area contributed by atoms with E-state index in [4.69, 9.17) is 10.3 Å². The molecule has 0 saturated carbocycles. The molecule has 0 bridgehead atoms. The highest BCUT2D eigenvalue weighted by Crippen LogP contribution is 2.22. The molecule has 1 aliphatic rings. The van der Waals surface area contributed by atoms with E-state index >= 15 is 0 Å².